The van der Waals surface area contributed by atoms with Crippen molar-refractivity contribution in [2.75, 3.05) is 26.7 Å². The van der Waals surface area contributed by atoms with Crippen LogP contribution in [0.2, 0.25) is 0 Å². The number of hydrogen-bond acceptors (Lipinski definition) is 5. The van der Waals surface area contributed by atoms with Crippen LogP contribution in [-0.4, -0.2) is 46.1 Å². The van der Waals surface area contributed by atoms with Crippen LogP contribution in [0.5, 0.6) is 5.75 Å². The molecule has 2 aromatic rings. The number of guanidine groups is 1. The third-order valence-electron chi connectivity index (χ3n) is 4.17. The van der Waals surface area contributed by atoms with Crippen LogP contribution >= 0.6 is 24.0 Å². The summed E-state index contributed by atoms with van der Waals surface area (Å²) in [7, 11) is -1.94. The number of ether oxygens (including phenoxy) is 1. The maximum Gasteiger partial charge on any atom is 0.242 e. The van der Waals surface area contributed by atoms with E-state index in [1.54, 1.807) is 13.2 Å². The van der Waals surface area contributed by atoms with Gasteiger partial charge in [0, 0.05) is 31.0 Å². The lowest BCUT2D eigenvalue weighted by atomic mass is 10.0. The summed E-state index contributed by atoms with van der Waals surface area (Å²) >= 11 is 0. The minimum atomic E-state index is -3.59. The van der Waals surface area contributed by atoms with E-state index in [9.17, 15) is 8.42 Å². The molecule has 1 heterocycles. The van der Waals surface area contributed by atoms with E-state index in [0.29, 0.717) is 12.5 Å². The minimum absolute atomic E-state index is 0. The minimum Gasteiger partial charge on any atom is -0.496 e. The highest BCUT2D eigenvalue weighted by atomic mass is 127. The standard InChI is InChI=1S/C20H29N5O3S.HI/c1-5-22-20(25-16(3)18-13-15(2)8-9-19(18)28-4)23-11-12-24-29(26,27)17-7-6-10-21-14-17;/h6-10,13-14,16,24H,5,11-12H2,1-4H3,(H2,22,23,25);1H. The second-order valence-corrected chi connectivity index (χ2v) is 8.23. The van der Waals surface area contributed by atoms with Crippen molar-refractivity contribution in [2.24, 2.45) is 4.99 Å². The summed E-state index contributed by atoms with van der Waals surface area (Å²) < 4.78 is 32.4. The quantitative estimate of drug-likeness (QED) is 0.193. The summed E-state index contributed by atoms with van der Waals surface area (Å²) in [5.41, 5.74) is 2.16. The summed E-state index contributed by atoms with van der Waals surface area (Å²) in [6, 6.07) is 9.06. The van der Waals surface area contributed by atoms with Crippen molar-refractivity contribution >= 4 is 40.0 Å². The molecule has 2 rings (SSSR count). The van der Waals surface area contributed by atoms with Gasteiger partial charge in [-0.1, -0.05) is 17.7 Å². The highest BCUT2D eigenvalue weighted by Gasteiger charge is 2.14. The molecule has 30 heavy (non-hydrogen) atoms. The molecule has 3 N–H and O–H groups in total. The van der Waals surface area contributed by atoms with E-state index in [-0.39, 0.29) is 48.0 Å². The zero-order valence-corrected chi connectivity index (χ0v) is 20.8. The van der Waals surface area contributed by atoms with Crippen molar-refractivity contribution in [3.8, 4) is 5.75 Å². The van der Waals surface area contributed by atoms with E-state index in [1.165, 1.54) is 18.5 Å². The Labute approximate surface area is 196 Å². The van der Waals surface area contributed by atoms with Crippen molar-refractivity contribution < 1.29 is 13.2 Å². The van der Waals surface area contributed by atoms with Crippen LogP contribution < -0.4 is 20.1 Å². The fourth-order valence-electron chi connectivity index (χ4n) is 2.73. The first-order valence-electron chi connectivity index (χ1n) is 9.46. The van der Waals surface area contributed by atoms with Crippen LogP contribution in [-0.2, 0) is 10.0 Å². The van der Waals surface area contributed by atoms with Gasteiger partial charge >= 0.3 is 0 Å². The van der Waals surface area contributed by atoms with Gasteiger partial charge in [-0.15, -0.1) is 24.0 Å². The van der Waals surface area contributed by atoms with Crippen molar-refractivity contribution in [1.82, 2.24) is 20.3 Å². The van der Waals surface area contributed by atoms with Gasteiger partial charge in [0.2, 0.25) is 10.0 Å². The number of nitrogens with one attached hydrogen (secondary N) is 3. The van der Waals surface area contributed by atoms with Gasteiger partial charge in [-0.05, 0) is 39.0 Å². The van der Waals surface area contributed by atoms with Crippen molar-refractivity contribution in [1.29, 1.82) is 0 Å². The summed E-state index contributed by atoms with van der Waals surface area (Å²) in [6.07, 6.45) is 2.84. The van der Waals surface area contributed by atoms with Gasteiger partial charge in [-0.2, -0.15) is 0 Å². The number of pyridine rings is 1. The van der Waals surface area contributed by atoms with Crippen LogP contribution in [0.1, 0.15) is 31.0 Å². The molecule has 0 radical (unpaired) electrons. The number of aliphatic imine (C=N–C) groups is 1. The molecule has 10 heteroatoms. The molecule has 0 saturated carbocycles. The molecule has 0 fully saturated rings. The molecule has 166 valence electrons. The number of hydrogen-bond donors (Lipinski definition) is 3. The van der Waals surface area contributed by atoms with Gasteiger partial charge in [0.25, 0.3) is 0 Å². The van der Waals surface area contributed by atoms with Gasteiger partial charge < -0.3 is 15.4 Å². The second kappa shape index (κ2) is 12.7. The molecule has 0 aliphatic heterocycles. The van der Waals surface area contributed by atoms with Crippen LogP contribution in [0.15, 0.2) is 52.6 Å². The molecule has 0 aliphatic rings. The lowest BCUT2D eigenvalue weighted by Crippen LogP contribution is -2.39. The summed E-state index contributed by atoms with van der Waals surface area (Å²) in [6.45, 7) is 7.17. The molecular formula is C20H30IN5O3S. The summed E-state index contributed by atoms with van der Waals surface area (Å²) in [5.74, 6) is 1.40. The predicted octanol–water partition coefficient (Wildman–Crippen LogP) is 2.61. The Balaban J connectivity index is 0.00000450. The molecule has 0 amide bonds. The zero-order chi connectivity index (χ0) is 21.3. The molecule has 0 saturated heterocycles. The van der Waals surface area contributed by atoms with E-state index < -0.39 is 10.0 Å². The SMILES string of the molecule is CCNC(=NCCNS(=O)(=O)c1cccnc1)NC(C)c1cc(C)ccc1OC.I. The normalized spacial score (nSPS) is 12.6. The fraction of sp³-hybridized carbons (Fsp3) is 0.400. The van der Waals surface area contributed by atoms with Crippen molar-refractivity contribution in [3.63, 3.8) is 0 Å². The first-order chi connectivity index (χ1) is 13.9. The molecule has 0 bridgehead atoms. The van der Waals surface area contributed by atoms with E-state index in [1.807, 2.05) is 32.9 Å². The average molecular weight is 547 g/mol. The number of nitrogens with zero attached hydrogens (tertiary/aromatic N) is 2. The highest BCUT2D eigenvalue weighted by Crippen LogP contribution is 2.25. The Morgan fingerprint density at radius 1 is 1.30 bits per heavy atom. The summed E-state index contributed by atoms with van der Waals surface area (Å²) in [4.78, 5) is 8.43. The lowest BCUT2D eigenvalue weighted by Gasteiger charge is -2.20. The number of rotatable bonds is 9. The second-order valence-electron chi connectivity index (χ2n) is 6.46. The lowest BCUT2D eigenvalue weighted by molar-refractivity contribution is 0.405. The number of aromatic nitrogens is 1. The van der Waals surface area contributed by atoms with Crippen LogP contribution in [0.25, 0.3) is 0 Å². The largest absolute Gasteiger partial charge is 0.496 e. The Morgan fingerprint density at radius 2 is 2.07 bits per heavy atom. The van der Waals surface area contributed by atoms with E-state index in [0.717, 1.165) is 16.9 Å². The fourth-order valence-corrected chi connectivity index (χ4v) is 3.72. The van der Waals surface area contributed by atoms with Crippen LogP contribution in [0.3, 0.4) is 0 Å². The highest BCUT2D eigenvalue weighted by molar-refractivity contribution is 14.0. The molecule has 0 spiro atoms. The number of aryl methyl sites for hydroxylation is 1. The molecule has 0 aliphatic carbocycles. The molecule has 1 aromatic carbocycles. The third-order valence-corrected chi connectivity index (χ3v) is 5.61. The van der Waals surface area contributed by atoms with Gasteiger partial charge in [-0.25, -0.2) is 13.1 Å². The summed E-state index contributed by atoms with van der Waals surface area (Å²) in [5, 5.41) is 6.51. The first kappa shape index (κ1) is 26.1. The smallest absolute Gasteiger partial charge is 0.242 e. The maximum absolute atomic E-state index is 12.2. The number of halogens is 1. The van der Waals surface area contributed by atoms with Gasteiger partial charge in [-0.3, -0.25) is 9.98 Å². The predicted molar refractivity (Wildman–Crippen MR) is 130 cm³/mol. The van der Waals surface area contributed by atoms with Gasteiger partial charge in [0.15, 0.2) is 5.96 Å². The first-order valence-corrected chi connectivity index (χ1v) is 10.9. The topological polar surface area (TPSA) is 105 Å². The average Bonchev–Trinajstić information content (AvgIpc) is 2.72. The molecular weight excluding hydrogens is 517 g/mol. The van der Waals surface area contributed by atoms with E-state index in [4.69, 9.17) is 4.74 Å². The van der Waals surface area contributed by atoms with Crippen LogP contribution in [0, 0.1) is 6.92 Å². The Bertz CT molecular complexity index is 923. The van der Waals surface area contributed by atoms with Crippen molar-refractivity contribution in [3.05, 3.63) is 53.9 Å². The van der Waals surface area contributed by atoms with Crippen molar-refractivity contribution in [2.45, 2.75) is 31.7 Å². The van der Waals surface area contributed by atoms with Gasteiger partial charge in [0.1, 0.15) is 10.6 Å². The molecule has 1 atom stereocenters. The van der Waals surface area contributed by atoms with E-state index in [2.05, 4.69) is 31.4 Å². The monoisotopic (exact) mass is 547 g/mol. The number of methoxy groups -OCH3 is 1. The van der Waals surface area contributed by atoms with E-state index >= 15 is 0 Å². The Kier molecular flexibility index (Phi) is 11.1. The molecule has 8 nitrogen and oxygen atoms in total. The Hall–Kier alpha value is -1.92. The van der Waals surface area contributed by atoms with Gasteiger partial charge in [0.05, 0.1) is 19.7 Å². The molecule has 1 aromatic heterocycles. The Morgan fingerprint density at radius 3 is 2.70 bits per heavy atom. The zero-order valence-electron chi connectivity index (χ0n) is 17.7. The number of benzene rings is 1. The number of sulfonamides is 1. The van der Waals surface area contributed by atoms with Crippen LogP contribution in [0.4, 0.5) is 0 Å². The molecule has 1 unspecified atom stereocenters. The maximum atomic E-state index is 12.2. The third kappa shape index (κ3) is 7.73.